The number of halogens is 3. The quantitative estimate of drug-likeness (QED) is 0.802. The number of nitrogens with zero attached hydrogens (tertiary/aromatic N) is 1. The molecule has 0 radical (unpaired) electrons. The summed E-state index contributed by atoms with van der Waals surface area (Å²) < 4.78 is 39.2. The van der Waals surface area contributed by atoms with E-state index in [1.165, 1.54) is 13.0 Å². The van der Waals surface area contributed by atoms with Gasteiger partial charge in [-0.15, -0.1) is 0 Å². The first-order valence-electron chi connectivity index (χ1n) is 7.40. The van der Waals surface area contributed by atoms with Crippen molar-refractivity contribution in [2.45, 2.75) is 26.4 Å². The first-order valence-corrected chi connectivity index (χ1v) is 7.40. The van der Waals surface area contributed by atoms with E-state index in [4.69, 9.17) is 0 Å². The van der Waals surface area contributed by atoms with Crippen LogP contribution in [0.3, 0.4) is 0 Å². The van der Waals surface area contributed by atoms with Crippen LogP contribution in [0.25, 0.3) is 0 Å². The highest BCUT2D eigenvalue weighted by Crippen LogP contribution is 2.39. The van der Waals surface area contributed by atoms with E-state index in [1.807, 2.05) is 31.2 Å². The van der Waals surface area contributed by atoms with Gasteiger partial charge in [-0.2, -0.15) is 13.2 Å². The number of anilines is 1. The van der Waals surface area contributed by atoms with Gasteiger partial charge in [0, 0.05) is 0 Å². The number of aryl methyl sites for hydroxylation is 2. The number of benzene rings is 2. The second kappa shape index (κ2) is 5.78. The van der Waals surface area contributed by atoms with E-state index in [2.05, 4.69) is 10.3 Å². The van der Waals surface area contributed by atoms with Crippen molar-refractivity contribution in [3.63, 3.8) is 0 Å². The number of carbonyl (C=O) groups excluding carboxylic acids is 1. The molecule has 0 unspecified atom stereocenters. The van der Waals surface area contributed by atoms with Crippen LogP contribution in [0.2, 0.25) is 0 Å². The van der Waals surface area contributed by atoms with Crippen molar-refractivity contribution >= 4 is 23.0 Å². The molecule has 0 bridgehead atoms. The first-order chi connectivity index (χ1) is 11.2. The summed E-state index contributed by atoms with van der Waals surface area (Å²) in [5.41, 5.74) is 2.07. The molecule has 0 fully saturated rings. The number of carbonyl (C=O) groups is 1. The third-order valence-electron chi connectivity index (χ3n) is 3.86. The zero-order valence-electron chi connectivity index (χ0n) is 13.2. The van der Waals surface area contributed by atoms with Gasteiger partial charge in [0.1, 0.15) is 0 Å². The van der Waals surface area contributed by atoms with E-state index in [0.717, 1.165) is 17.2 Å². The third-order valence-corrected chi connectivity index (χ3v) is 3.86. The molecule has 3 nitrogen and oxygen atoms in total. The summed E-state index contributed by atoms with van der Waals surface area (Å²) in [6.45, 7) is 3.31. The van der Waals surface area contributed by atoms with Gasteiger partial charge in [0.2, 0.25) is 5.91 Å². The Balaban J connectivity index is 2.14. The number of alkyl halides is 3. The van der Waals surface area contributed by atoms with Crippen LogP contribution in [0.5, 0.6) is 0 Å². The molecule has 24 heavy (non-hydrogen) atoms. The molecule has 0 saturated heterocycles. The normalized spacial score (nSPS) is 14.5. The molecule has 124 valence electrons. The number of hydrogen-bond donors (Lipinski definition) is 1. The topological polar surface area (TPSA) is 41.5 Å². The first kappa shape index (κ1) is 16.2. The summed E-state index contributed by atoms with van der Waals surface area (Å²) in [6.07, 6.45) is -4.46. The van der Waals surface area contributed by atoms with Crippen molar-refractivity contribution in [1.82, 2.24) is 0 Å². The lowest BCUT2D eigenvalue weighted by Gasteiger charge is -2.13. The Morgan fingerprint density at radius 3 is 2.54 bits per heavy atom. The van der Waals surface area contributed by atoms with Crippen molar-refractivity contribution in [1.29, 1.82) is 0 Å². The zero-order valence-corrected chi connectivity index (χ0v) is 13.2. The lowest BCUT2D eigenvalue weighted by Crippen LogP contribution is -2.15. The van der Waals surface area contributed by atoms with Gasteiger partial charge in [0.25, 0.3) is 0 Å². The Morgan fingerprint density at radius 2 is 1.88 bits per heavy atom. The SMILES string of the molecule is Cc1cccc(C2=Nc3cc(C)c(C(F)(F)F)cc3NC(=O)C2)c1. The number of rotatable bonds is 1. The summed E-state index contributed by atoms with van der Waals surface area (Å²) >= 11 is 0. The van der Waals surface area contributed by atoms with E-state index < -0.39 is 11.7 Å². The van der Waals surface area contributed by atoms with Crippen LogP contribution >= 0.6 is 0 Å². The minimum atomic E-state index is -4.47. The Bertz CT molecular complexity index is 854. The number of hydrogen-bond acceptors (Lipinski definition) is 2. The van der Waals surface area contributed by atoms with Gasteiger partial charge in [-0.1, -0.05) is 29.8 Å². The van der Waals surface area contributed by atoms with Gasteiger partial charge in [-0.3, -0.25) is 9.79 Å². The lowest BCUT2D eigenvalue weighted by atomic mass is 10.0. The van der Waals surface area contributed by atoms with Crippen molar-refractivity contribution < 1.29 is 18.0 Å². The average Bonchev–Trinajstić information content (AvgIpc) is 2.63. The van der Waals surface area contributed by atoms with Crippen molar-refractivity contribution in [3.8, 4) is 0 Å². The fraction of sp³-hybridized carbons (Fsp3) is 0.222. The predicted octanol–water partition coefficient (Wildman–Crippen LogP) is 4.79. The summed E-state index contributed by atoms with van der Waals surface area (Å²) in [6, 6.07) is 9.82. The molecule has 0 aromatic heterocycles. The third kappa shape index (κ3) is 3.18. The highest BCUT2D eigenvalue weighted by Gasteiger charge is 2.33. The number of fused-ring (bicyclic) bond motifs is 1. The van der Waals surface area contributed by atoms with Gasteiger partial charge in [-0.05, 0) is 37.1 Å². The Morgan fingerprint density at radius 1 is 1.12 bits per heavy atom. The van der Waals surface area contributed by atoms with Gasteiger partial charge < -0.3 is 5.32 Å². The van der Waals surface area contributed by atoms with Gasteiger partial charge in [0.05, 0.1) is 29.1 Å². The molecule has 0 spiro atoms. The standard InChI is InChI=1S/C18H15F3N2O/c1-10-4-3-5-12(6-10)14-9-17(24)23-16-8-13(18(19,20)21)11(2)7-15(16)22-14/h3-8H,9H2,1-2H3,(H,23,24). The van der Waals surface area contributed by atoms with E-state index in [-0.39, 0.29) is 23.6 Å². The van der Waals surface area contributed by atoms with Crippen LogP contribution in [0.1, 0.15) is 28.7 Å². The van der Waals surface area contributed by atoms with Gasteiger partial charge in [-0.25, -0.2) is 0 Å². The summed E-state index contributed by atoms with van der Waals surface area (Å²) in [4.78, 5) is 16.5. The zero-order chi connectivity index (χ0) is 17.5. The Hall–Kier alpha value is -2.63. The molecule has 1 aliphatic rings. The molecule has 1 heterocycles. The molecule has 0 saturated carbocycles. The Kier molecular flexibility index (Phi) is 3.91. The molecule has 1 amide bonds. The molecule has 2 aromatic rings. The van der Waals surface area contributed by atoms with Gasteiger partial charge in [0.15, 0.2) is 0 Å². The molecule has 2 aromatic carbocycles. The van der Waals surface area contributed by atoms with E-state index in [1.54, 1.807) is 0 Å². The Labute approximate surface area is 137 Å². The largest absolute Gasteiger partial charge is 0.416 e. The molecular formula is C18H15F3N2O. The van der Waals surface area contributed by atoms with Crippen molar-refractivity contribution in [2.24, 2.45) is 4.99 Å². The molecule has 3 rings (SSSR count). The molecule has 1 N–H and O–H groups in total. The molecule has 6 heteroatoms. The van der Waals surface area contributed by atoms with E-state index in [0.29, 0.717) is 11.4 Å². The molecule has 0 aliphatic carbocycles. The molecule has 0 atom stereocenters. The minimum Gasteiger partial charge on any atom is -0.324 e. The second-order valence-electron chi connectivity index (χ2n) is 5.83. The van der Waals surface area contributed by atoms with Crippen LogP contribution in [0.15, 0.2) is 41.4 Å². The molecular weight excluding hydrogens is 317 g/mol. The lowest BCUT2D eigenvalue weighted by molar-refractivity contribution is -0.138. The maximum Gasteiger partial charge on any atom is 0.416 e. The fourth-order valence-electron chi connectivity index (χ4n) is 2.71. The maximum absolute atomic E-state index is 13.1. The van der Waals surface area contributed by atoms with Crippen LogP contribution < -0.4 is 5.32 Å². The minimum absolute atomic E-state index is 0.0124. The number of aliphatic imine (C=N–C) groups is 1. The van der Waals surface area contributed by atoms with E-state index in [9.17, 15) is 18.0 Å². The monoisotopic (exact) mass is 332 g/mol. The summed E-state index contributed by atoms with van der Waals surface area (Å²) in [7, 11) is 0. The number of nitrogens with one attached hydrogen (secondary N) is 1. The summed E-state index contributed by atoms with van der Waals surface area (Å²) in [5, 5.41) is 2.52. The summed E-state index contributed by atoms with van der Waals surface area (Å²) in [5.74, 6) is -0.383. The van der Waals surface area contributed by atoms with Crippen LogP contribution in [-0.2, 0) is 11.0 Å². The maximum atomic E-state index is 13.1. The van der Waals surface area contributed by atoms with Crippen molar-refractivity contribution in [3.05, 3.63) is 58.7 Å². The van der Waals surface area contributed by atoms with Crippen LogP contribution in [-0.4, -0.2) is 11.6 Å². The fourth-order valence-corrected chi connectivity index (χ4v) is 2.71. The highest BCUT2D eigenvalue weighted by atomic mass is 19.4. The molecule has 1 aliphatic heterocycles. The van der Waals surface area contributed by atoms with Crippen molar-refractivity contribution in [2.75, 3.05) is 5.32 Å². The van der Waals surface area contributed by atoms with Gasteiger partial charge >= 0.3 is 6.18 Å². The van der Waals surface area contributed by atoms with Crippen LogP contribution in [0.4, 0.5) is 24.5 Å². The number of amides is 1. The second-order valence-corrected chi connectivity index (χ2v) is 5.83. The highest BCUT2D eigenvalue weighted by molar-refractivity contribution is 6.17. The average molecular weight is 332 g/mol. The smallest absolute Gasteiger partial charge is 0.324 e. The van der Waals surface area contributed by atoms with E-state index >= 15 is 0 Å². The van der Waals surface area contributed by atoms with Crippen LogP contribution in [0, 0.1) is 13.8 Å². The predicted molar refractivity (Wildman–Crippen MR) is 86.8 cm³/mol.